The third-order valence-electron chi connectivity index (χ3n) is 2.46. The highest BCUT2D eigenvalue weighted by Crippen LogP contribution is 2.08. The van der Waals surface area contributed by atoms with Gasteiger partial charge in [0, 0.05) is 32.7 Å². The summed E-state index contributed by atoms with van der Waals surface area (Å²) in [5.41, 5.74) is -0.609. The Labute approximate surface area is 86.0 Å². The molecule has 0 saturated carbocycles. The molecule has 0 aliphatic carbocycles. The van der Waals surface area contributed by atoms with Gasteiger partial charge >= 0.3 is 0 Å². The van der Waals surface area contributed by atoms with Crippen LogP contribution in [-0.2, 0) is 0 Å². The number of nitrogens with zero attached hydrogens (tertiary/aromatic N) is 2. The number of hydrogen-bond donors (Lipinski definition) is 2. The molecule has 1 rings (SSSR count). The maximum atomic E-state index is 9.65. The minimum absolute atomic E-state index is 0.609. The molecule has 0 atom stereocenters. The average Bonchev–Trinajstić information content (AvgIpc) is 2.02. The SMILES string of the molecule is CC(=N)N1CCN(CC(C)(C)O)CC1. The normalized spacial score (nSPS) is 19.9. The molecule has 0 aromatic heterocycles. The highest BCUT2D eigenvalue weighted by Gasteiger charge is 2.22. The number of aliphatic hydroxyl groups is 1. The van der Waals surface area contributed by atoms with E-state index in [1.54, 1.807) is 0 Å². The lowest BCUT2D eigenvalue weighted by Crippen LogP contribution is -2.51. The zero-order valence-electron chi connectivity index (χ0n) is 9.38. The fourth-order valence-corrected chi connectivity index (χ4v) is 1.79. The fourth-order valence-electron chi connectivity index (χ4n) is 1.79. The first kappa shape index (κ1) is 11.5. The van der Waals surface area contributed by atoms with Crippen molar-refractivity contribution in [3.8, 4) is 0 Å². The van der Waals surface area contributed by atoms with Gasteiger partial charge in [-0.05, 0) is 20.8 Å². The monoisotopic (exact) mass is 199 g/mol. The Morgan fingerprint density at radius 2 is 1.79 bits per heavy atom. The van der Waals surface area contributed by atoms with E-state index in [1.165, 1.54) is 0 Å². The number of nitrogens with one attached hydrogen (secondary N) is 1. The molecule has 0 amide bonds. The van der Waals surface area contributed by atoms with Crippen LogP contribution in [0.4, 0.5) is 0 Å². The smallest absolute Gasteiger partial charge is 0.0926 e. The predicted octanol–water partition coefficient (Wildman–Crippen LogP) is 0.372. The van der Waals surface area contributed by atoms with Gasteiger partial charge in [0.05, 0.1) is 11.4 Å². The van der Waals surface area contributed by atoms with E-state index in [1.807, 2.05) is 20.8 Å². The third-order valence-corrected chi connectivity index (χ3v) is 2.46. The summed E-state index contributed by atoms with van der Waals surface area (Å²) in [6, 6.07) is 0. The van der Waals surface area contributed by atoms with E-state index >= 15 is 0 Å². The van der Waals surface area contributed by atoms with Crippen molar-refractivity contribution in [2.45, 2.75) is 26.4 Å². The molecular formula is C10H21N3O. The van der Waals surface area contributed by atoms with Crippen molar-refractivity contribution in [1.29, 1.82) is 5.41 Å². The van der Waals surface area contributed by atoms with Gasteiger partial charge in [0.15, 0.2) is 0 Å². The Morgan fingerprint density at radius 1 is 1.29 bits per heavy atom. The summed E-state index contributed by atoms with van der Waals surface area (Å²) >= 11 is 0. The van der Waals surface area contributed by atoms with E-state index < -0.39 is 5.60 Å². The van der Waals surface area contributed by atoms with E-state index in [4.69, 9.17) is 5.41 Å². The topological polar surface area (TPSA) is 50.6 Å². The van der Waals surface area contributed by atoms with Crippen molar-refractivity contribution < 1.29 is 5.11 Å². The molecule has 1 fully saturated rings. The van der Waals surface area contributed by atoms with Gasteiger partial charge in [-0.3, -0.25) is 10.3 Å². The van der Waals surface area contributed by atoms with Gasteiger partial charge in [0.1, 0.15) is 0 Å². The van der Waals surface area contributed by atoms with Gasteiger partial charge < -0.3 is 10.0 Å². The van der Waals surface area contributed by atoms with Crippen LogP contribution >= 0.6 is 0 Å². The standard InChI is InChI=1S/C10H21N3O/c1-9(11)13-6-4-12(5-7-13)8-10(2,3)14/h11,14H,4-8H2,1-3H3. The van der Waals surface area contributed by atoms with Gasteiger partial charge in [-0.2, -0.15) is 0 Å². The summed E-state index contributed by atoms with van der Waals surface area (Å²) in [4.78, 5) is 4.32. The molecule has 1 aliphatic rings. The van der Waals surface area contributed by atoms with Crippen LogP contribution in [0.5, 0.6) is 0 Å². The molecule has 1 heterocycles. The van der Waals surface area contributed by atoms with Gasteiger partial charge in [-0.1, -0.05) is 0 Å². The molecule has 82 valence electrons. The Kier molecular flexibility index (Phi) is 3.50. The number of piperazine rings is 1. The van der Waals surface area contributed by atoms with Gasteiger partial charge in [-0.25, -0.2) is 0 Å². The van der Waals surface area contributed by atoms with Crippen LogP contribution in [0.15, 0.2) is 0 Å². The number of hydrogen-bond acceptors (Lipinski definition) is 3. The summed E-state index contributed by atoms with van der Waals surface area (Å²) in [6.07, 6.45) is 0. The van der Waals surface area contributed by atoms with E-state index in [2.05, 4.69) is 9.80 Å². The maximum Gasteiger partial charge on any atom is 0.0926 e. The van der Waals surface area contributed by atoms with Crippen molar-refractivity contribution in [2.24, 2.45) is 0 Å². The molecule has 0 aromatic carbocycles. The predicted molar refractivity (Wildman–Crippen MR) is 57.7 cm³/mol. The molecule has 4 nitrogen and oxygen atoms in total. The van der Waals surface area contributed by atoms with Crippen molar-refractivity contribution in [3.63, 3.8) is 0 Å². The van der Waals surface area contributed by atoms with Crippen LogP contribution in [0, 0.1) is 5.41 Å². The van der Waals surface area contributed by atoms with E-state index in [9.17, 15) is 5.11 Å². The zero-order valence-corrected chi connectivity index (χ0v) is 9.38. The molecule has 0 radical (unpaired) electrons. The van der Waals surface area contributed by atoms with Crippen LogP contribution in [-0.4, -0.2) is 59.1 Å². The largest absolute Gasteiger partial charge is 0.389 e. The van der Waals surface area contributed by atoms with Crippen LogP contribution in [0.25, 0.3) is 0 Å². The molecule has 4 heteroatoms. The fraction of sp³-hybridized carbons (Fsp3) is 0.900. The molecular weight excluding hydrogens is 178 g/mol. The highest BCUT2D eigenvalue weighted by atomic mass is 16.3. The minimum atomic E-state index is -0.609. The van der Waals surface area contributed by atoms with Gasteiger partial charge in [0.2, 0.25) is 0 Å². The van der Waals surface area contributed by atoms with Crippen LogP contribution in [0.3, 0.4) is 0 Å². The first-order valence-corrected chi connectivity index (χ1v) is 5.13. The number of rotatable bonds is 2. The highest BCUT2D eigenvalue weighted by molar-refractivity contribution is 5.76. The molecule has 0 aromatic rings. The number of amidine groups is 1. The minimum Gasteiger partial charge on any atom is -0.389 e. The van der Waals surface area contributed by atoms with E-state index in [0.717, 1.165) is 32.7 Å². The Hall–Kier alpha value is -0.610. The lowest BCUT2D eigenvalue weighted by atomic mass is 10.1. The Bertz CT molecular complexity index is 202. The number of β-amino-alcohol motifs (C(OH)–C–C–N with tert-alkyl or cyclic N) is 1. The Balaban J connectivity index is 2.33. The first-order chi connectivity index (χ1) is 6.38. The molecule has 0 bridgehead atoms. The average molecular weight is 199 g/mol. The van der Waals surface area contributed by atoms with Crippen LogP contribution in [0.1, 0.15) is 20.8 Å². The summed E-state index contributed by atoms with van der Waals surface area (Å²) in [7, 11) is 0. The lowest BCUT2D eigenvalue weighted by molar-refractivity contribution is 0.0250. The maximum absolute atomic E-state index is 9.65. The van der Waals surface area contributed by atoms with Crippen molar-refractivity contribution >= 4 is 5.84 Å². The second-order valence-corrected chi connectivity index (χ2v) is 4.66. The summed E-state index contributed by atoms with van der Waals surface area (Å²) in [5.74, 6) is 0.646. The van der Waals surface area contributed by atoms with E-state index in [0.29, 0.717) is 5.84 Å². The second kappa shape index (κ2) is 4.28. The van der Waals surface area contributed by atoms with E-state index in [-0.39, 0.29) is 0 Å². The van der Waals surface area contributed by atoms with Crippen molar-refractivity contribution in [3.05, 3.63) is 0 Å². The van der Waals surface area contributed by atoms with Gasteiger partial charge in [0.25, 0.3) is 0 Å². The second-order valence-electron chi connectivity index (χ2n) is 4.66. The summed E-state index contributed by atoms with van der Waals surface area (Å²) in [5, 5.41) is 17.1. The molecule has 1 saturated heterocycles. The summed E-state index contributed by atoms with van der Waals surface area (Å²) < 4.78 is 0. The molecule has 0 spiro atoms. The van der Waals surface area contributed by atoms with Crippen LogP contribution < -0.4 is 0 Å². The molecule has 0 unspecified atom stereocenters. The third kappa shape index (κ3) is 3.64. The lowest BCUT2D eigenvalue weighted by Gasteiger charge is -2.37. The van der Waals surface area contributed by atoms with Crippen LogP contribution in [0.2, 0.25) is 0 Å². The Morgan fingerprint density at radius 3 is 2.14 bits per heavy atom. The quantitative estimate of drug-likeness (QED) is 0.499. The zero-order chi connectivity index (χ0) is 10.8. The van der Waals surface area contributed by atoms with Crippen molar-refractivity contribution in [2.75, 3.05) is 32.7 Å². The molecule has 1 aliphatic heterocycles. The van der Waals surface area contributed by atoms with Gasteiger partial charge in [-0.15, -0.1) is 0 Å². The molecule has 14 heavy (non-hydrogen) atoms. The summed E-state index contributed by atoms with van der Waals surface area (Å²) in [6.45, 7) is 9.92. The first-order valence-electron chi connectivity index (χ1n) is 5.13. The molecule has 2 N–H and O–H groups in total. The van der Waals surface area contributed by atoms with Crippen molar-refractivity contribution in [1.82, 2.24) is 9.80 Å².